The Hall–Kier alpha value is -0.310. The predicted molar refractivity (Wildman–Crippen MR) is 51.0 cm³/mol. The van der Waals surface area contributed by atoms with Gasteiger partial charge >= 0.3 is 0 Å². The van der Waals surface area contributed by atoms with Gasteiger partial charge in [0, 0.05) is 15.1 Å². The van der Waals surface area contributed by atoms with Crippen LogP contribution >= 0.6 is 20.6 Å². The molecule has 0 aliphatic carbocycles. The molecule has 52 valence electrons. The van der Waals surface area contributed by atoms with E-state index in [0.29, 0.717) is 0 Å². The molecule has 1 heterocycles. The van der Waals surface area contributed by atoms with E-state index in [0.717, 1.165) is 5.56 Å². The molecule has 0 amide bonds. The molecule has 0 nitrogen and oxygen atoms in total. The first kappa shape index (κ1) is 7.79. The fraction of sp³-hybridized carbons (Fsp3) is 0.250. The first-order chi connectivity index (χ1) is 4.74. The van der Waals surface area contributed by atoms with E-state index >= 15 is 0 Å². The maximum Gasteiger partial charge on any atom is 0.0387 e. The summed E-state index contributed by atoms with van der Waals surface area (Å²) in [6.45, 7) is 3.96. The normalized spacial score (nSPS) is 8.70. The highest BCUT2D eigenvalue weighted by atomic mass is 32.1. The molecule has 0 saturated heterocycles. The molecule has 1 unspecified atom stereocenters. The van der Waals surface area contributed by atoms with Gasteiger partial charge in [0.1, 0.15) is 0 Å². The van der Waals surface area contributed by atoms with Gasteiger partial charge in [0.05, 0.1) is 0 Å². The fourth-order valence-electron chi connectivity index (χ4n) is 0.764. The Balaban J connectivity index is 3.11. The van der Waals surface area contributed by atoms with Crippen molar-refractivity contribution < 1.29 is 0 Å². The van der Waals surface area contributed by atoms with Crippen LogP contribution < -0.4 is 4.62 Å². The van der Waals surface area contributed by atoms with Crippen molar-refractivity contribution >= 4 is 25.2 Å². The van der Waals surface area contributed by atoms with Crippen molar-refractivity contribution in [1.82, 2.24) is 0 Å². The first-order valence-electron chi connectivity index (χ1n) is 3.02. The summed E-state index contributed by atoms with van der Waals surface area (Å²) in [6, 6.07) is 2.10. The van der Waals surface area contributed by atoms with Gasteiger partial charge in [-0.1, -0.05) is 15.2 Å². The van der Waals surface area contributed by atoms with E-state index in [1.807, 2.05) is 6.92 Å². The number of hydrogen-bond acceptors (Lipinski definition) is 1. The first-order valence-corrected chi connectivity index (χ1v) is 4.42. The van der Waals surface area contributed by atoms with E-state index in [-0.39, 0.29) is 0 Å². The average molecular weight is 168 g/mol. The lowest BCUT2D eigenvalue weighted by Gasteiger charge is -1.80. The average Bonchev–Trinajstić information content (AvgIpc) is 2.13. The molecule has 10 heavy (non-hydrogen) atoms. The van der Waals surface area contributed by atoms with Gasteiger partial charge in [-0.2, -0.15) is 0 Å². The van der Waals surface area contributed by atoms with Crippen molar-refractivity contribution in [2.24, 2.45) is 0 Å². The highest BCUT2D eigenvalue weighted by Gasteiger charge is 1.97. The van der Waals surface area contributed by atoms with Crippen molar-refractivity contribution in [3.05, 3.63) is 16.5 Å². The smallest absolute Gasteiger partial charge is 0.0387 e. The summed E-state index contributed by atoms with van der Waals surface area (Å²) >= 11 is 1.77. The lowest BCUT2D eigenvalue weighted by molar-refractivity contribution is 1.59. The summed E-state index contributed by atoms with van der Waals surface area (Å²) in [5.41, 5.74) is 1.16. The monoisotopic (exact) mass is 168 g/mol. The maximum absolute atomic E-state index is 3.04. The van der Waals surface area contributed by atoms with E-state index in [1.54, 1.807) is 11.3 Å². The van der Waals surface area contributed by atoms with Gasteiger partial charge < -0.3 is 0 Å². The molecule has 2 heteroatoms. The third kappa shape index (κ3) is 1.59. The molecular weight excluding hydrogens is 159 g/mol. The van der Waals surface area contributed by atoms with Crippen molar-refractivity contribution in [1.29, 1.82) is 0 Å². The third-order valence-electron chi connectivity index (χ3n) is 1.20. The van der Waals surface area contributed by atoms with Crippen LogP contribution in [0.2, 0.25) is 0 Å². The number of aryl methyl sites for hydroxylation is 1. The van der Waals surface area contributed by atoms with Crippen LogP contribution in [0.3, 0.4) is 0 Å². The molecule has 0 aliphatic heterocycles. The van der Waals surface area contributed by atoms with Crippen LogP contribution in [0.15, 0.2) is 6.07 Å². The highest BCUT2D eigenvalue weighted by Crippen LogP contribution is 2.13. The Labute approximate surface area is 67.9 Å². The van der Waals surface area contributed by atoms with E-state index in [4.69, 9.17) is 0 Å². The Kier molecular flexibility index (Phi) is 2.49. The van der Waals surface area contributed by atoms with Crippen molar-refractivity contribution in [3.63, 3.8) is 0 Å². The Morgan fingerprint density at radius 3 is 2.70 bits per heavy atom. The lowest BCUT2D eigenvalue weighted by atomic mass is 10.3. The van der Waals surface area contributed by atoms with Crippen molar-refractivity contribution in [3.8, 4) is 11.8 Å². The zero-order valence-electron chi connectivity index (χ0n) is 6.06. The molecule has 0 aliphatic rings. The molecule has 0 aromatic carbocycles. The van der Waals surface area contributed by atoms with Crippen LogP contribution in [-0.2, 0) is 0 Å². The van der Waals surface area contributed by atoms with Gasteiger partial charge in [0.15, 0.2) is 0 Å². The largest absolute Gasteiger partial charge is 0.140 e. The quantitative estimate of drug-likeness (QED) is 0.410. The van der Waals surface area contributed by atoms with E-state index < -0.39 is 0 Å². The van der Waals surface area contributed by atoms with Crippen LogP contribution in [0.25, 0.3) is 0 Å². The SMILES string of the molecule is CC#Cc1cc(P)sc1C. The predicted octanol–water partition coefficient (Wildman–Crippen LogP) is 1.93. The second-order valence-corrected chi connectivity index (χ2v) is 4.32. The van der Waals surface area contributed by atoms with Crippen molar-refractivity contribution in [2.75, 3.05) is 0 Å². The van der Waals surface area contributed by atoms with Gasteiger partial charge in [-0.3, -0.25) is 0 Å². The van der Waals surface area contributed by atoms with Crippen LogP contribution in [-0.4, -0.2) is 0 Å². The Bertz CT molecular complexity index is 288. The molecule has 1 atom stereocenters. The second-order valence-electron chi connectivity index (χ2n) is 1.99. The zero-order chi connectivity index (χ0) is 7.56. The minimum absolute atomic E-state index is 1.16. The Morgan fingerprint density at radius 2 is 2.30 bits per heavy atom. The van der Waals surface area contributed by atoms with Gasteiger partial charge in [-0.25, -0.2) is 0 Å². The summed E-state index contributed by atoms with van der Waals surface area (Å²) in [6.07, 6.45) is 0. The van der Waals surface area contributed by atoms with Gasteiger partial charge in [0.25, 0.3) is 0 Å². The summed E-state index contributed by atoms with van der Waals surface area (Å²) < 4.78 is 1.26. The number of rotatable bonds is 0. The molecule has 0 N–H and O–H groups in total. The molecule has 0 radical (unpaired) electrons. The standard InChI is InChI=1S/C8H9PS/c1-3-4-7-5-8(9)10-6(7)2/h5H,9H2,1-2H3. The summed E-state index contributed by atoms with van der Waals surface area (Å²) in [5, 5.41) is 0. The number of thiophene rings is 1. The molecular formula is C8H9PS. The van der Waals surface area contributed by atoms with E-state index in [2.05, 4.69) is 34.1 Å². The maximum atomic E-state index is 3.04. The van der Waals surface area contributed by atoms with Crippen LogP contribution in [0, 0.1) is 18.8 Å². The minimum Gasteiger partial charge on any atom is -0.140 e. The summed E-state index contributed by atoms with van der Waals surface area (Å²) in [5.74, 6) is 5.93. The van der Waals surface area contributed by atoms with E-state index in [1.165, 1.54) is 9.50 Å². The Morgan fingerprint density at radius 1 is 1.60 bits per heavy atom. The van der Waals surface area contributed by atoms with E-state index in [9.17, 15) is 0 Å². The highest BCUT2D eigenvalue weighted by molar-refractivity contribution is 7.43. The minimum atomic E-state index is 1.16. The molecule has 0 fully saturated rings. The third-order valence-corrected chi connectivity index (χ3v) is 2.60. The van der Waals surface area contributed by atoms with Gasteiger partial charge in [0.2, 0.25) is 0 Å². The van der Waals surface area contributed by atoms with Gasteiger partial charge in [-0.05, 0) is 19.9 Å². The molecule has 0 spiro atoms. The fourth-order valence-corrected chi connectivity index (χ4v) is 2.21. The van der Waals surface area contributed by atoms with Gasteiger partial charge in [-0.15, -0.1) is 17.3 Å². The number of hydrogen-bond donors (Lipinski definition) is 0. The molecule has 0 saturated carbocycles. The summed E-state index contributed by atoms with van der Waals surface area (Å²) in [7, 11) is 2.68. The summed E-state index contributed by atoms with van der Waals surface area (Å²) in [4.78, 5) is 1.30. The van der Waals surface area contributed by atoms with Crippen LogP contribution in [0.5, 0.6) is 0 Å². The lowest BCUT2D eigenvalue weighted by Crippen LogP contribution is -1.73. The molecule has 0 bridgehead atoms. The van der Waals surface area contributed by atoms with Crippen molar-refractivity contribution in [2.45, 2.75) is 13.8 Å². The molecule has 1 rings (SSSR count). The molecule has 1 aromatic heterocycles. The topological polar surface area (TPSA) is 0 Å². The second kappa shape index (κ2) is 3.19. The van der Waals surface area contributed by atoms with Crippen LogP contribution in [0.1, 0.15) is 17.4 Å². The zero-order valence-corrected chi connectivity index (χ0v) is 8.03. The molecule has 1 aromatic rings. The van der Waals surface area contributed by atoms with Crippen LogP contribution in [0.4, 0.5) is 0 Å².